The summed E-state index contributed by atoms with van der Waals surface area (Å²) in [5, 5.41) is 4.70. The Kier molecular flexibility index (Phi) is 5.13. The number of amides is 1. The molecule has 140 valence electrons. The normalized spacial score (nSPS) is 12.1. The number of aromatic nitrogens is 1. The van der Waals surface area contributed by atoms with Crippen LogP contribution in [-0.4, -0.2) is 17.4 Å². The average molecular weight is 393 g/mol. The van der Waals surface area contributed by atoms with Crippen molar-refractivity contribution < 1.29 is 9.18 Å². The molecular formula is C23H18ClFN2O. The van der Waals surface area contributed by atoms with E-state index < -0.39 is 0 Å². The van der Waals surface area contributed by atoms with Gasteiger partial charge in [0.05, 0.1) is 0 Å². The summed E-state index contributed by atoms with van der Waals surface area (Å²) in [6.45, 7) is 0.363. The van der Waals surface area contributed by atoms with Crippen molar-refractivity contribution in [2.24, 2.45) is 0 Å². The van der Waals surface area contributed by atoms with Gasteiger partial charge < -0.3 is 10.3 Å². The van der Waals surface area contributed by atoms with E-state index in [1.165, 1.54) is 24.3 Å². The second kappa shape index (κ2) is 7.87. The molecule has 1 heterocycles. The van der Waals surface area contributed by atoms with E-state index in [1.54, 1.807) is 0 Å². The van der Waals surface area contributed by atoms with Gasteiger partial charge in [0.2, 0.25) is 0 Å². The maximum Gasteiger partial charge on any atom is 0.251 e. The Labute approximate surface area is 167 Å². The maximum absolute atomic E-state index is 13.1. The summed E-state index contributed by atoms with van der Waals surface area (Å²) in [4.78, 5) is 15.8. The number of carbonyl (C=O) groups is 1. The lowest BCUT2D eigenvalue weighted by Crippen LogP contribution is -2.29. The van der Waals surface area contributed by atoms with E-state index in [0.29, 0.717) is 17.1 Å². The number of hydrogen-bond donors (Lipinski definition) is 2. The molecule has 5 heteroatoms. The number of nitrogens with one attached hydrogen (secondary N) is 2. The van der Waals surface area contributed by atoms with Crippen molar-refractivity contribution in [1.82, 2.24) is 10.3 Å². The molecule has 0 aliphatic heterocycles. The summed E-state index contributed by atoms with van der Waals surface area (Å²) in [5.41, 5.74) is 3.44. The molecule has 3 aromatic carbocycles. The van der Waals surface area contributed by atoms with Crippen molar-refractivity contribution in [3.63, 3.8) is 0 Å². The summed E-state index contributed by atoms with van der Waals surface area (Å²) in [7, 11) is 0. The molecule has 0 unspecified atom stereocenters. The van der Waals surface area contributed by atoms with Gasteiger partial charge in [-0.3, -0.25) is 4.79 Å². The fourth-order valence-electron chi connectivity index (χ4n) is 3.43. The molecule has 0 saturated carbocycles. The summed E-state index contributed by atoms with van der Waals surface area (Å²) in [6.07, 6.45) is 1.96. The number of halogens is 2. The molecule has 0 fully saturated rings. The molecular weight excluding hydrogens is 375 g/mol. The lowest BCUT2D eigenvalue weighted by molar-refractivity contribution is 0.0952. The molecule has 4 rings (SSSR count). The Morgan fingerprint density at radius 3 is 2.46 bits per heavy atom. The number of benzene rings is 3. The van der Waals surface area contributed by atoms with Crippen LogP contribution in [0, 0.1) is 5.82 Å². The van der Waals surface area contributed by atoms with Crippen LogP contribution in [0.1, 0.15) is 27.4 Å². The van der Waals surface area contributed by atoms with Gasteiger partial charge in [-0.2, -0.15) is 0 Å². The highest BCUT2D eigenvalue weighted by molar-refractivity contribution is 6.31. The van der Waals surface area contributed by atoms with Gasteiger partial charge in [0, 0.05) is 40.1 Å². The number of H-pyrrole nitrogens is 1. The van der Waals surface area contributed by atoms with Gasteiger partial charge in [-0.15, -0.1) is 0 Å². The predicted molar refractivity (Wildman–Crippen MR) is 110 cm³/mol. The Balaban J connectivity index is 1.67. The molecule has 0 aliphatic carbocycles. The molecule has 0 radical (unpaired) electrons. The Morgan fingerprint density at radius 2 is 1.68 bits per heavy atom. The molecule has 0 spiro atoms. The molecule has 2 N–H and O–H groups in total. The number of aromatic amines is 1. The number of fused-ring (bicyclic) bond motifs is 1. The maximum atomic E-state index is 13.1. The topological polar surface area (TPSA) is 44.9 Å². The number of carbonyl (C=O) groups excluding carboxylic acids is 1. The smallest absolute Gasteiger partial charge is 0.251 e. The zero-order valence-electron chi connectivity index (χ0n) is 15.0. The van der Waals surface area contributed by atoms with Crippen molar-refractivity contribution in [2.75, 3.05) is 6.54 Å². The summed E-state index contributed by atoms with van der Waals surface area (Å²) in [5.74, 6) is -0.754. The van der Waals surface area contributed by atoms with Crippen molar-refractivity contribution in [3.8, 4) is 0 Å². The van der Waals surface area contributed by atoms with Gasteiger partial charge in [-0.25, -0.2) is 4.39 Å². The number of hydrogen-bond acceptors (Lipinski definition) is 1. The fraction of sp³-hybridized carbons (Fsp3) is 0.0870. The minimum absolute atomic E-state index is 0.130. The molecule has 1 atom stereocenters. The van der Waals surface area contributed by atoms with Gasteiger partial charge in [0.1, 0.15) is 5.82 Å². The summed E-state index contributed by atoms with van der Waals surface area (Å²) >= 11 is 6.47. The van der Waals surface area contributed by atoms with Crippen molar-refractivity contribution >= 4 is 28.4 Å². The second-order valence-electron chi connectivity index (χ2n) is 6.58. The monoisotopic (exact) mass is 392 g/mol. The van der Waals surface area contributed by atoms with Crippen LogP contribution >= 0.6 is 11.6 Å². The number of para-hydroxylation sites is 1. The van der Waals surface area contributed by atoms with Crippen molar-refractivity contribution in [1.29, 1.82) is 0 Å². The van der Waals surface area contributed by atoms with Crippen LogP contribution in [0.5, 0.6) is 0 Å². The second-order valence-corrected chi connectivity index (χ2v) is 6.99. The highest BCUT2D eigenvalue weighted by Crippen LogP contribution is 2.34. The third-order valence-corrected chi connectivity index (χ3v) is 5.19. The SMILES string of the molecule is O=C(NC[C@H](c1ccccc1Cl)c1c[nH]c2ccccc12)c1ccc(F)cc1. The van der Waals surface area contributed by atoms with Gasteiger partial charge in [0.25, 0.3) is 5.91 Å². The van der Waals surface area contributed by atoms with E-state index in [4.69, 9.17) is 11.6 Å². The van der Waals surface area contributed by atoms with E-state index in [2.05, 4.69) is 10.3 Å². The lowest BCUT2D eigenvalue weighted by atomic mass is 9.90. The zero-order chi connectivity index (χ0) is 19.5. The van der Waals surface area contributed by atoms with Gasteiger partial charge in [-0.05, 0) is 47.5 Å². The standard InChI is InChI=1S/C23H18ClFN2O/c24-21-7-3-1-5-17(21)19(20-13-26-22-8-4-2-6-18(20)22)14-27-23(28)15-9-11-16(25)12-10-15/h1-13,19,26H,14H2,(H,27,28)/t19-/m1/s1. The zero-order valence-corrected chi connectivity index (χ0v) is 15.7. The number of rotatable bonds is 5. The lowest BCUT2D eigenvalue weighted by Gasteiger charge is -2.19. The Morgan fingerprint density at radius 1 is 0.964 bits per heavy atom. The molecule has 0 saturated heterocycles. The summed E-state index contributed by atoms with van der Waals surface area (Å²) < 4.78 is 13.1. The highest BCUT2D eigenvalue weighted by Gasteiger charge is 2.21. The van der Waals surface area contributed by atoms with Crippen LogP contribution in [0.2, 0.25) is 5.02 Å². The van der Waals surface area contributed by atoms with E-state index >= 15 is 0 Å². The van der Waals surface area contributed by atoms with Gasteiger partial charge in [0.15, 0.2) is 0 Å². The van der Waals surface area contributed by atoms with E-state index in [9.17, 15) is 9.18 Å². The predicted octanol–water partition coefficient (Wildman–Crippen LogP) is 5.52. The third-order valence-electron chi connectivity index (χ3n) is 4.85. The van der Waals surface area contributed by atoms with Gasteiger partial charge in [-0.1, -0.05) is 48.0 Å². The molecule has 4 aromatic rings. The fourth-order valence-corrected chi connectivity index (χ4v) is 3.69. The van der Waals surface area contributed by atoms with Gasteiger partial charge >= 0.3 is 0 Å². The molecule has 28 heavy (non-hydrogen) atoms. The molecule has 1 amide bonds. The Hall–Kier alpha value is -3.11. The van der Waals surface area contributed by atoms with Crippen LogP contribution in [-0.2, 0) is 0 Å². The van der Waals surface area contributed by atoms with E-state index in [0.717, 1.165) is 22.0 Å². The van der Waals surface area contributed by atoms with Crippen LogP contribution in [0.25, 0.3) is 10.9 Å². The van der Waals surface area contributed by atoms with Crippen molar-refractivity contribution in [2.45, 2.75) is 5.92 Å². The first-order chi connectivity index (χ1) is 13.6. The minimum atomic E-state index is -0.371. The van der Waals surface area contributed by atoms with E-state index in [-0.39, 0.29) is 17.6 Å². The molecule has 3 nitrogen and oxygen atoms in total. The first kappa shape index (κ1) is 18.3. The van der Waals surface area contributed by atoms with Crippen LogP contribution in [0.15, 0.2) is 79.0 Å². The largest absolute Gasteiger partial charge is 0.361 e. The Bertz CT molecular complexity index is 1120. The van der Waals surface area contributed by atoms with Crippen molar-refractivity contribution in [3.05, 3.63) is 107 Å². The van der Waals surface area contributed by atoms with Crippen LogP contribution in [0.3, 0.4) is 0 Å². The summed E-state index contributed by atoms with van der Waals surface area (Å²) in [6, 6.07) is 21.2. The first-order valence-electron chi connectivity index (χ1n) is 8.97. The quantitative estimate of drug-likeness (QED) is 0.461. The van der Waals surface area contributed by atoms with Crippen LogP contribution < -0.4 is 5.32 Å². The average Bonchev–Trinajstić information content (AvgIpc) is 3.14. The molecule has 0 bridgehead atoms. The first-order valence-corrected chi connectivity index (χ1v) is 9.35. The minimum Gasteiger partial charge on any atom is -0.361 e. The highest BCUT2D eigenvalue weighted by atomic mass is 35.5. The van der Waals surface area contributed by atoms with E-state index in [1.807, 2.05) is 54.7 Å². The van der Waals surface area contributed by atoms with Crippen LogP contribution in [0.4, 0.5) is 4.39 Å². The molecule has 0 aliphatic rings. The molecule has 1 aromatic heterocycles. The third kappa shape index (κ3) is 3.64.